The van der Waals surface area contributed by atoms with Gasteiger partial charge in [-0.2, -0.15) is 0 Å². The van der Waals surface area contributed by atoms with E-state index in [0.29, 0.717) is 49.1 Å². The zero-order valence-electron chi connectivity index (χ0n) is 34.8. The summed E-state index contributed by atoms with van der Waals surface area (Å²) in [5, 5.41) is 13.8. The molecule has 0 unspecified atom stereocenters. The number of carbonyl (C=O) groups excluding carboxylic acids is 1. The number of carboxylic acid groups (broad SMARTS) is 1. The molecule has 1 saturated heterocycles. The number of allylic oxidation sites excluding steroid dienone is 1. The number of aliphatic carboxylic acids is 1. The van der Waals surface area contributed by atoms with Crippen molar-refractivity contribution in [3.8, 4) is 0 Å². The van der Waals surface area contributed by atoms with Crippen molar-refractivity contribution in [3.63, 3.8) is 0 Å². The molecule has 0 amide bonds. The van der Waals surface area contributed by atoms with E-state index in [1.807, 2.05) is 13.8 Å². The highest BCUT2D eigenvalue weighted by atomic mass is 32.2. The van der Waals surface area contributed by atoms with Gasteiger partial charge in [0.1, 0.15) is 6.10 Å². The number of fused-ring (bicyclic) bond motifs is 7. The molecule has 0 spiro atoms. The van der Waals surface area contributed by atoms with E-state index in [2.05, 4.69) is 58.3 Å². The molecular formula is C44H73N3O6S. The Bertz CT molecular complexity index is 1610. The molecule has 1 aliphatic heterocycles. The van der Waals surface area contributed by atoms with Crippen molar-refractivity contribution in [2.75, 3.05) is 37.7 Å². The minimum Gasteiger partial charge on any atom is -0.481 e. The van der Waals surface area contributed by atoms with Gasteiger partial charge in [-0.05, 0) is 129 Å². The van der Waals surface area contributed by atoms with Gasteiger partial charge in [0, 0.05) is 43.2 Å². The minimum atomic E-state index is -2.91. The molecule has 54 heavy (non-hydrogen) atoms. The number of nitrogens with zero attached hydrogens (tertiary/aromatic N) is 1. The highest BCUT2D eigenvalue weighted by Gasteiger charge is 2.71. The van der Waals surface area contributed by atoms with E-state index < -0.39 is 27.1 Å². The number of ether oxygens (including phenoxy) is 1. The van der Waals surface area contributed by atoms with Gasteiger partial charge >= 0.3 is 11.9 Å². The molecule has 0 aromatic heterocycles. The standard InChI is InChI=1S/C44H73N3O6S/c1-27(2)29-12-17-44(46-25-28(45)26-47-20-22-54(51,52)23-21-47)19-18-42(8)30(36(29)44)10-11-34-41(7)15-14-35(40(5,6)33(41)13-16-43(34,42)9)53-38(50)32-24-31(37(48)49)39(32,3)4/h28-36,46H,1,10-26,45H2,2-9H3,(H,48,49)/t28-,29-,30+,31-,32+,33-,34+,35-,36+,41-,42+,43+,44-/m0/s1. The van der Waals surface area contributed by atoms with Gasteiger partial charge in [-0.15, -0.1) is 0 Å². The van der Waals surface area contributed by atoms with Gasteiger partial charge in [-0.1, -0.05) is 60.6 Å². The molecule has 7 fully saturated rings. The van der Waals surface area contributed by atoms with Crippen LogP contribution in [-0.2, 0) is 24.2 Å². The first-order valence-corrected chi connectivity index (χ1v) is 23.4. The Kier molecular flexibility index (Phi) is 10.2. The van der Waals surface area contributed by atoms with E-state index >= 15 is 0 Å². The number of esters is 1. The molecule has 0 aromatic rings. The topological polar surface area (TPSA) is 139 Å². The molecule has 10 heteroatoms. The molecule has 4 N–H and O–H groups in total. The summed E-state index contributed by atoms with van der Waals surface area (Å²) in [7, 11) is -2.91. The normalized spacial score (nSPS) is 46.8. The molecule has 7 aliphatic rings. The van der Waals surface area contributed by atoms with Gasteiger partial charge in [-0.25, -0.2) is 8.42 Å². The molecule has 9 nitrogen and oxygen atoms in total. The maximum absolute atomic E-state index is 13.6. The number of sulfone groups is 1. The zero-order chi connectivity index (χ0) is 39.4. The summed E-state index contributed by atoms with van der Waals surface area (Å²) >= 11 is 0. The summed E-state index contributed by atoms with van der Waals surface area (Å²) in [5.74, 6) is 1.33. The average Bonchev–Trinajstić information content (AvgIpc) is 3.46. The SMILES string of the molecule is C=C(C)[C@@H]1CC[C@]2(NC[C@H](N)CN3CCS(=O)(=O)CC3)CC[C@]3(C)[C@H](CC[C@@H]4[C@@]5(C)CC[C@H](OC(=O)[C@H]6C[C@@H](C(=O)O)C6(C)C)C(C)(C)[C@@H]5CC[C@]43C)[C@@H]12. The quantitative estimate of drug-likeness (QED) is 0.173. The van der Waals surface area contributed by atoms with Crippen LogP contribution in [0.25, 0.3) is 0 Å². The Morgan fingerprint density at radius 3 is 2.19 bits per heavy atom. The number of rotatable bonds is 9. The second kappa shape index (κ2) is 13.5. The lowest BCUT2D eigenvalue weighted by atomic mass is 9.32. The first kappa shape index (κ1) is 40.7. The van der Waals surface area contributed by atoms with Crippen LogP contribution in [0.5, 0.6) is 0 Å². The van der Waals surface area contributed by atoms with Crippen LogP contribution in [0.2, 0.25) is 0 Å². The van der Waals surface area contributed by atoms with E-state index in [1.165, 1.54) is 44.1 Å². The van der Waals surface area contributed by atoms with E-state index in [0.717, 1.165) is 38.8 Å². The second-order valence-corrected chi connectivity index (χ2v) is 24.0. The number of carbonyl (C=O) groups is 2. The van der Waals surface area contributed by atoms with Crippen LogP contribution in [0, 0.1) is 68.5 Å². The van der Waals surface area contributed by atoms with Gasteiger partial charge < -0.3 is 20.9 Å². The van der Waals surface area contributed by atoms with Gasteiger partial charge in [0.25, 0.3) is 0 Å². The summed E-state index contributed by atoms with van der Waals surface area (Å²) in [6.07, 6.45) is 11.7. The van der Waals surface area contributed by atoms with Gasteiger partial charge in [-0.3, -0.25) is 14.5 Å². The lowest BCUT2D eigenvalue weighted by molar-refractivity contribution is -0.248. The van der Waals surface area contributed by atoms with Crippen LogP contribution < -0.4 is 11.1 Å². The maximum atomic E-state index is 13.6. The predicted octanol–water partition coefficient (Wildman–Crippen LogP) is 6.70. The summed E-state index contributed by atoms with van der Waals surface area (Å²) in [5.41, 5.74) is 8.02. The first-order chi connectivity index (χ1) is 25.0. The van der Waals surface area contributed by atoms with Crippen LogP contribution in [0.15, 0.2) is 12.2 Å². The fourth-order valence-electron chi connectivity index (χ4n) is 15.3. The smallest absolute Gasteiger partial charge is 0.309 e. The number of hydrogen-bond acceptors (Lipinski definition) is 8. The lowest BCUT2D eigenvalue weighted by Crippen LogP contribution is -2.69. The van der Waals surface area contributed by atoms with Crippen molar-refractivity contribution in [3.05, 3.63) is 12.2 Å². The molecule has 6 saturated carbocycles. The van der Waals surface area contributed by atoms with E-state index in [-0.39, 0.29) is 62.7 Å². The maximum Gasteiger partial charge on any atom is 0.309 e. The van der Waals surface area contributed by atoms with Crippen molar-refractivity contribution >= 4 is 21.8 Å². The number of hydrogen-bond donors (Lipinski definition) is 3. The third-order valence-electron chi connectivity index (χ3n) is 18.8. The molecule has 13 atom stereocenters. The minimum absolute atomic E-state index is 0.0406. The Labute approximate surface area is 326 Å². The first-order valence-electron chi connectivity index (χ1n) is 21.5. The monoisotopic (exact) mass is 772 g/mol. The fourth-order valence-corrected chi connectivity index (χ4v) is 16.5. The zero-order valence-corrected chi connectivity index (χ0v) is 35.7. The number of nitrogens with two attached hydrogens (primary N) is 1. The molecule has 306 valence electrons. The van der Waals surface area contributed by atoms with Crippen molar-refractivity contribution < 1.29 is 27.9 Å². The van der Waals surface area contributed by atoms with Gasteiger partial charge in [0.05, 0.1) is 23.3 Å². The predicted molar refractivity (Wildman–Crippen MR) is 213 cm³/mol. The third-order valence-corrected chi connectivity index (χ3v) is 20.4. The highest BCUT2D eigenvalue weighted by molar-refractivity contribution is 7.91. The van der Waals surface area contributed by atoms with Crippen LogP contribution in [-0.4, -0.2) is 85.7 Å². The lowest BCUT2D eigenvalue weighted by Gasteiger charge is -2.73. The molecule has 0 bridgehead atoms. The highest BCUT2D eigenvalue weighted by Crippen LogP contribution is 2.76. The summed E-state index contributed by atoms with van der Waals surface area (Å²) < 4.78 is 30.4. The molecule has 0 radical (unpaired) electrons. The van der Waals surface area contributed by atoms with E-state index in [9.17, 15) is 23.1 Å². The second-order valence-electron chi connectivity index (χ2n) is 21.7. The van der Waals surface area contributed by atoms with Crippen molar-refractivity contribution in [2.45, 2.75) is 144 Å². The Hall–Kier alpha value is -1.49. The Balaban J connectivity index is 1.07. The molecule has 0 aromatic carbocycles. The van der Waals surface area contributed by atoms with Crippen LogP contribution in [0.4, 0.5) is 0 Å². The van der Waals surface area contributed by atoms with Gasteiger partial charge in [0.2, 0.25) is 0 Å². The molecule has 7 rings (SSSR count). The largest absolute Gasteiger partial charge is 0.481 e. The Morgan fingerprint density at radius 2 is 1.56 bits per heavy atom. The van der Waals surface area contributed by atoms with Crippen molar-refractivity contribution in [1.29, 1.82) is 0 Å². The van der Waals surface area contributed by atoms with E-state index in [1.54, 1.807) is 0 Å². The van der Waals surface area contributed by atoms with Crippen molar-refractivity contribution in [2.24, 2.45) is 74.2 Å². The van der Waals surface area contributed by atoms with Crippen LogP contribution >= 0.6 is 0 Å². The summed E-state index contributed by atoms with van der Waals surface area (Å²) in [6, 6.07) is -0.0406. The third kappa shape index (κ3) is 6.18. The average molecular weight is 772 g/mol. The Morgan fingerprint density at radius 1 is 0.870 bits per heavy atom. The van der Waals surface area contributed by atoms with E-state index in [4.69, 9.17) is 10.5 Å². The molecule has 1 heterocycles. The number of carboxylic acids is 1. The summed E-state index contributed by atoms with van der Waals surface area (Å²) in [6.45, 7) is 25.9. The van der Waals surface area contributed by atoms with Crippen LogP contribution in [0.3, 0.4) is 0 Å². The molecule has 6 aliphatic carbocycles. The number of nitrogens with one attached hydrogen (secondary N) is 1. The summed E-state index contributed by atoms with van der Waals surface area (Å²) in [4.78, 5) is 27.6. The van der Waals surface area contributed by atoms with Gasteiger partial charge in [0.15, 0.2) is 9.84 Å². The van der Waals surface area contributed by atoms with Crippen molar-refractivity contribution in [1.82, 2.24) is 10.2 Å². The molecular weight excluding hydrogens is 699 g/mol. The van der Waals surface area contributed by atoms with Crippen LogP contribution in [0.1, 0.15) is 126 Å². The fraction of sp³-hybridized carbons (Fsp3) is 0.909.